The second-order valence-corrected chi connectivity index (χ2v) is 7.06. The largest absolute Gasteiger partial charge is 0.383 e. The van der Waals surface area contributed by atoms with E-state index < -0.39 is 0 Å². The van der Waals surface area contributed by atoms with Crippen LogP contribution in [-0.4, -0.2) is 27.7 Å². The zero-order valence-electron chi connectivity index (χ0n) is 14.0. The zero-order chi connectivity index (χ0) is 17.1. The molecule has 1 saturated heterocycles. The fourth-order valence-electron chi connectivity index (χ4n) is 2.92. The smallest absolute Gasteiger partial charge is 0.167 e. The number of hydrogen-bond donors (Lipinski definition) is 1. The highest BCUT2D eigenvalue weighted by Gasteiger charge is 2.21. The quantitative estimate of drug-likeness (QED) is 0.661. The summed E-state index contributed by atoms with van der Waals surface area (Å²) in [7, 11) is 0. The van der Waals surface area contributed by atoms with E-state index >= 15 is 0 Å². The second kappa shape index (κ2) is 7.53. The molecule has 0 aliphatic carbocycles. The lowest BCUT2D eigenvalue weighted by molar-refractivity contribution is 0.572. The van der Waals surface area contributed by atoms with Gasteiger partial charge in [0, 0.05) is 18.7 Å². The molecule has 1 aliphatic heterocycles. The molecule has 2 N–H and O–H groups in total. The topological polar surface area (TPSA) is 59.5 Å². The Morgan fingerprint density at radius 2 is 1.96 bits per heavy atom. The summed E-state index contributed by atoms with van der Waals surface area (Å²) < 4.78 is 2.55. The number of rotatable bonds is 2. The number of nitrogen functional groups attached to an aromatic ring is 1. The molecule has 5 nitrogen and oxygen atoms in total. The maximum Gasteiger partial charge on any atom is 0.167 e. The van der Waals surface area contributed by atoms with Crippen molar-refractivity contribution in [3.05, 3.63) is 27.5 Å². The van der Waals surface area contributed by atoms with E-state index in [0.717, 1.165) is 40.2 Å². The minimum absolute atomic E-state index is 0.604. The number of piperidine rings is 1. The van der Waals surface area contributed by atoms with Gasteiger partial charge in [-0.25, -0.2) is 4.98 Å². The predicted molar refractivity (Wildman–Crippen MR) is 106 cm³/mol. The third-order valence-corrected chi connectivity index (χ3v) is 5.54. The Hall–Kier alpha value is -1.60. The lowest BCUT2D eigenvalue weighted by atomic mass is 10.1. The molecule has 1 aliphatic rings. The van der Waals surface area contributed by atoms with Gasteiger partial charge in [-0.3, -0.25) is 0 Å². The minimum Gasteiger partial charge on any atom is -0.383 e. The highest BCUT2D eigenvalue weighted by Crippen LogP contribution is 2.35. The van der Waals surface area contributed by atoms with Crippen LogP contribution in [0.1, 0.15) is 33.1 Å². The average molecular weight is 408 g/mol. The van der Waals surface area contributed by atoms with Gasteiger partial charge in [-0.1, -0.05) is 13.8 Å². The lowest BCUT2D eigenvalue weighted by Crippen LogP contribution is -2.31. The summed E-state index contributed by atoms with van der Waals surface area (Å²) in [6.07, 6.45) is 5.54. The van der Waals surface area contributed by atoms with Crippen molar-refractivity contribution in [3.8, 4) is 11.1 Å². The molecule has 3 aromatic heterocycles. The number of anilines is 2. The van der Waals surface area contributed by atoms with Gasteiger partial charge in [0.2, 0.25) is 0 Å². The summed E-state index contributed by atoms with van der Waals surface area (Å²) in [4.78, 5) is 7.19. The van der Waals surface area contributed by atoms with Crippen LogP contribution < -0.4 is 10.6 Å². The standard InChI is InChI=1S/C15H16BrN5S.C2H6/c16-12-13(17)21-14(11(8-18-21)10-4-7-22-9-10)19-15(12)20-5-2-1-3-6-20;1-2/h4,7-9H,1-3,5-6,17H2;1-2H3. The Balaban J connectivity index is 0.000000815. The molecule has 7 heteroatoms. The van der Waals surface area contributed by atoms with Crippen LogP contribution in [0.3, 0.4) is 0 Å². The first-order valence-electron chi connectivity index (χ1n) is 8.36. The van der Waals surface area contributed by atoms with Gasteiger partial charge in [-0.2, -0.15) is 21.0 Å². The van der Waals surface area contributed by atoms with Crippen molar-refractivity contribution < 1.29 is 0 Å². The van der Waals surface area contributed by atoms with Gasteiger partial charge < -0.3 is 10.6 Å². The fraction of sp³-hybridized carbons (Fsp3) is 0.412. The Morgan fingerprint density at radius 1 is 1.21 bits per heavy atom. The molecule has 0 radical (unpaired) electrons. The predicted octanol–water partition coefficient (Wildman–Crippen LogP) is 4.82. The van der Waals surface area contributed by atoms with Crippen molar-refractivity contribution in [3.63, 3.8) is 0 Å². The first kappa shape index (κ1) is 17.2. The van der Waals surface area contributed by atoms with E-state index in [4.69, 9.17) is 10.7 Å². The molecule has 0 amide bonds. The summed E-state index contributed by atoms with van der Waals surface area (Å²) in [5.74, 6) is 1.54. The van der Waals surface area contributed by atoms with Gasteiger partial charge in [0.15, 0.2) is 5.65 Å². The van der Waals surface area contributed by atoms with Crippen LogP contribution in [0.25, 0.3) is 16.8 Å². The van der Waals surface area contributed by atoms with Crippen molar-refractivity contribution in [2.75, 3.05) is 23.7 Å². The highest BCUT2D eigenvalue weighted by molar-refractivity contribution is 9.10. The molecule has 128 valence electrons. The van der Waals surface area contributed by atoms with Crippen LogP contribution in [0.5, 0.6) is 0 Å². The number of hydrogen-bond acceptors (Lipinski definition) is 5. The third-order valence-electron chi connectivity index (χ3n) is 4.09. The van der Waals surface area contributed by atoms with E-state index in [1.807, 2.05) is 20.0 Å². The SMILES string of the molecule is CC.Nc1c(Br)c(N2CCCCC2)nc2c(-c3ccsc3)cnn12. The Morgan fingerprint density at radius 3 is 2.62 bits per heavy atom. The van der Waals surface area contributed by atoms with Crippen molar-refractivity contribution >= 4 is 44.5 Å². The summed E-state index contributed by atoms with van der Waals surface area (Å²) in [6.45, 7) is 6.06. The number of nitrogens with two attached hydrogens (primary N) is 1. The fourth-order valence-corrected chi connectivity index (χ4v) is 4.08. The first-order valence-corrected chi connectivity index (χ1v) is 10.1. The van der Waals surface area contributed by atoms with E-state index in [9.17, 15) is 0 Å². The monoisotopic (exact) mass is 407 g/mol. The number of aromatic nitrogens is 3. The van der Waals surface area contributed by atoms with Crippen molar-refractivity contribution in [2.45, 2.75) is 33.1 Å². The normalized spacial score (nSPS) is 14.5. The van der Waals surface area contributed by atoms with Gasteiger partial charge in [0.05, 0.1) is 6.20 Å². The number of fused-ring (bicyclic) bond motifs is 1. The molecule has 0 saturated carbocycles. The van der Waals surface area contributed by atoms with Gasteiger partial charge in [-0.15, -0.1) is 0 Å². The Labute approximate surface area is 154 Å². The van der Waals surface area contributed by atoms with Crippen molar-refractivity contribution in [1.29, 1.82) is 0 Å². The zero-order valence-corrected chi connectivity index (χ0v) is 16.4. The summed E-state index contributed by atoms with van der Waals surface area (Å²) >= 11 is 5.28. The molecule has 0 bridgehead atoms. The molecule has 0 atom stereocenters. The maximum atomic E-state index is 6.28. The number of nitrogens with zero attached hydrogens (tertiary/aromatic N) is 4. The van der Waals surface area contributed by atoms with Gasteiger partial charge in [0.1, 0.15) is 16.1 Å². The third kappa shape index (κ3) is 3.02. The molecule has 4 heterocycles. The van der Waals surface area contributed by atoms with Crippen LogP contribution in [0.4, 0.5) is 11.6 Å². The van der Waals surface area contributed by atoms with Crippen LogP contribution >= 0.6 is 27.3 Å². The van der Waals surface area contributed by atoms with Crippen LogP contribution in [0, 0.1) is 0 Å². The maximum absolute atomic E-state index is 6.28. The van der Waals surface area contributed by atoms with Gasteiger partial charge in [0.25, 0.3) is 0 Å². The molecule has 0 spiro atoms. The number of thiophene rings is 1. The molecule has 24 heavy (non-hydrogen) atoms. The van der Waals surface area contributed by atoms with Crippen LogP contribution in [0.2, 0.25) is 0 Å². The van der Waals surface area contributed by atoms with E-state index in [1.165, 1.54) is 19.3 Å². The second-order valence-electron chi connectivity index (χ2n) is 5.49. The Bertz CT molecular complexity index is 806. The van der Waals surface area contributed by atoms with E-state index in [1.54, 1.807) is 15.9 Å². The van der Waals surface area contributed by atoms with Crippen LogP contribution in [-0.2, 0) is 0 Å². The van der Waals surface area contributed by atoms with E-state index in [2.05, 4.69) is 42.8 Å². The van der Waals surface area contributed by atoms with Gasteiger partial charge >= 0.3 is 0 Å². The van der Waals surface area contributed by atoms with Crippen molar-refractivity contribution in [1.82, 2.24) is 14.6 Å². The van der Waals surface area contributed by atoms with Crippen LogP contribution in [0.15, 0.2) is 27.5 Å². The minimum atomic E-state index is 0.604. The molecule has 0 unspecified atom stereocenters. The molecular weight excluding hydrogens is 386 g/mol. The lowest BCUT2D eigenvalue weighted by Gasteiger charge is -2.29. The van der Waals surface area contributed by atoms with Crippen molar-refractivity contribution in [2.24, 2.45) is 0 Å². The Kier molecular flexibility index (Phi) is 5.40. The average Bonchev–Trinajstić information content (AvgIpc) is 3.30. The summed E-state index contributed by atoms with van der Waals surface area (Å²) in [6, 6.07) is 2.09. The molecule has 3 aromatic rings. The van der Waals surface area contributed by atoms with Gasteiger partial charge in [-0.05, 0) is 57.6 Å². The first-order chi connectivity index (χ1) is 11.8. The summed E-state index contributed by atoms with van der Waals surface area (Å²) in [5, 5.41) is 8.58. The highest BCUT2D eigenvalue weighted by atomic mass is 79.9. The van der Waals surface area contributed by atoms with E-state index in [0.29, 0.717) is 5.82 Å². The molecular formula is C17H22BrN5S. The molecule has 0 aromatic carbocycles. The molecule has 1 fully saturated rings. The summed E-state index contributed by atoms with van der Waals surface area (Å²) in [5.41, 5.74) is 9.27. The molecule has 4 rings (SSSR count). The van der Waals surface area contributed by atoms with E-state index in [-0.39, 0.29) is 0 Å². The number of halogens is 1.